The first kappa shape index (κ1) is 21.4. The summed E-state index contributed by atoms with van der Waals surface area (Å²) in [5.74, 6) is -0.712. The molecule has 166 valence electrons. The van der Waals surface area contributed by atoms with E-state index >= 15 is 0 Å². The summed E-state index contributed by atoms with van der Waals surface area (Å²) < 4.78 is 6.87. The molecule has 8 heteroatoms. The highest BCUT2D eigenvalue weighted by atomic mass is 32.1. The zero-order valence-electron chi connectivity index (χ0n) is 18.6. The number of cyclic esters (lactones) is 1. The molecule has 32 heavy (non-hydrogen) atoms. The van der Waals surface area contributed by atoms with E-state index in [0.29, 0.717) is 23.4 Å². The molecule has 0 bridgehead atoms. The van der Waals surface area contributed by atoms with Crippen LogP contribution in [0, 0.1) is 0 Å². The van der Waals surface area contributed by atoms with E-state index in [0.717, 1.165) is 27.7 Å². The summed E-state index contributed by atoms with van der Waals surface area (Å²) in [6.45, 7) is 8.82. The quantitative estimate of drug-likeness (QED) is 0.272. The topological polar surface area (TPSA) is 81.4 Å². The van der Waals surface area contributed by atoms with E-state index < -0.39 is 19.6 Å². The van der Waals surface area contributed by atoms with Crippen LogP contribution in [0.1, 0.15) is 40.5 Å². The Hall–Kier alpha value is -2.42. The normalized spacial score (nSPS) is 20.5. The molecule has 1 aromatic carbocycles. The van der Waals surface area contributed by atoms with Crippen LogP contribution >= 0.6 is 12.6 Å². The zero-order valence-corrected chi connectivity index (χ0v) is 20.5. The molecule has 1 unspecified atom stereocenters. The van der Waals surface area contributed by atoms with Gasteiger partial charge in [0.05, 0.1) is 37.1 Å². The van der Waals surface area contributed by atoms with Gasteiger partial charge in [-0.2, -0.15) is 12.6 Å². The first-order valence-corrected chi connectivity index (χ1v) is 14.9. The zero-order chi connectivity index (χ0) is 23.0. The number of carbonyl (C=O) groups is 1. The Balaban J connectivity index is 1.84. The molecule has 2 aliphatic rings. The first-order chi connectivity index (χ1) is 15.1. The summed E-state index contributed by atoms with van der Waals surface area (Å²) in [7, 11) is -1.70. The Labute approximate surface area is 192 Å². The fraction of sp³-hybridized carbons (Fsp3) is 0.375. The van der Waals surface area contributed by atoms with Crippen molar-refractivity contribution in [3.8, 4) is 11.4 Å². The number of rotatable bonds is 3. The van der Waals surface area contributed by atoms with Crippen LogP contribution in [0.4, 0.5) is 0 Å². The third-order valence-electron chi connectivity index (χ3n) is 6.73. The predicted octanol–water partition coefficient (Wildman–Crippen LogP) is 3.93. The number of hydrogen-bond donors (Lipinski definition) is 2. The number of fused-ring (bicyclic) bond motifs is 5. The van der Waals surface area contributed by atoms with E-state index in [-0.39, 0.29) is 23.5 Å². The molecule has 0 saturated heterocycles. The van der Waals surface area contributed by atoms with Crippen LogP contribution in [0.2, 0.25) is 19.6 Å². The fourth-order valence-corrected chi connectivity index (χ4v) is 6.30. The Morgan fingerprint density at radius 3 is 2.66 bits per heavy atom. The molecule has 0 amide bonds. The Morgan fingerprint density at radius 1 is 1.25 bits per heavy atom. The van der Waals surface area contributed by atoms with Gasteiger partial charge in [0.1, 0.15) is 6.61 Å². The molecule has 3 aromatic rings. The van der Waals surface area contributed by atoms with E-state index in [2.05, 4.69) is 25.7 Å². The fourth-order valence-electron chi connectivity index (χ4n) is 4.81. The van der Waals surface area contributed by atoms with E-state index in [1.54, 1.807) is 17.6 Å². The van der Waals surface area contributed by atoms with Gasteiger partial charge in [-0.1, -0.05) is 44.8 Å². The van der Waals surface area contributed by atoms with Gasteiger partial charge in [0.2, 0.25) is 0 Å². The maximum Gasteiger partial charge on any atom is 0.343 e. The van der Waals surface area contributed by atoms with E-state index in [9.17, 15) is 14.7 Å². The number of esters is 1. The molecule has 1 N–H and O–H groups in total. The van der Waals surface area contributed by atoms with Crippen molar-refractivity contribution in [3.63, 3.8) is 0 Å². The van der Waals surface area contributed by atoms with Crippen molar-refractivity contribution >= 4 is 37.6 Å². The maximum absolute atomic E-state index is 13.5. The van der Waals surface area contributed by atoms with Gasteiger partial charge in [-0.05, 0) is 24.1 Å². The summed E-state index contributed by atoms with van der Waals surface area (Å²) >= 11 is 5.06. The van der Waals surface area contributed by atoms with E-state index in [1.165, 1.54) is 0 Å². The third kappa shape index (κ3) is 2.86. The Morgan fingerprint density at radius 2 is 1.97 bits per heavy atom. The largest absolute Gasteiger partial charge is 0.458 e. The summed E-state index contributed by atoms with van der Waals surface area (Å²) in [6.07, 6.45) is 0.124. The molecule has 2 atom stereocenters. The lowest BCUT2D eigenvalue weighted by Gasteiger charge is -2.31. The molecule has 0 aliphatic carbocycles. The SMILES string of the molecule is CC[C@@]1(O)C(=O)OCc2c1cc1n(c2=O)Cc2c-1nc1ccccc1c2C(S)[Si](C)(C)C. The lowest BCUT2D eigenvalue weighted by atomic mass is 9.86. The number of aromatic nitrogens is 2. The second-order valence-corrected chi connectivity index (χ2v) is 16.1. The molecule has 0 radical (unpaired) electrons. The van der Waals surface area contributed by atoms with Crippen LogP contribution in [0.25, 0.3) is 22.3 Å². The number of ether oxygens (including phenoxy) is 1. The van der Waals surface area contributed by atoms with Crippen molar-refractivity contribution in [2.45, 2.75) is 56.6 Å². The molecule has 5 rings (SSSR count). The minimum atomic E-state index is -1.82. The lowest BCUT2D eigenvalue weighted by Crippen LogP contribution is -2.44. The van der Waals surface area contributed by atoms with Crippen molar-refractivity contribution in [1.29, 1.82) is 0 Å². The summed E-state index contributed by atoms with van der Waals surface area (Å²) in [5, 5.41) is 12.1. The van der Waals surface area contributed by atoms with Crippen molar-refractivity contribution < 1.29 is 14.6 Å². The van der Waals surface area contributed by atoms with E-state index in [4.69, 9.17) is 22.3 Å². The number of pyridine rings is 2. The number of para-hydroxylation sites is 1. The number of thiol groups is 1. The van der Waals surface area contributed by atoms with Crippen LogP contribution in [0.3, 0.4) is 0 Å². The minimum Gasteiger partial charge on any atom is -0.458 e. The maximum atomic E-state index is 13.5. The van der Waals surface area contributed by atoms with Crippen LogP contribution in [-0.2, 0) is 28.3 Å². The molecule has 0 spiro atoms. The van der Waals surface area contributed by atoms with Crippen LogP contribution in [-0.4, -0.2) is 28.7 Å². The second-order valence-electron chi connectivity index (χ2n) is 9.74. The highest BCUT2D eigenvalue weighted by Gasteiger charge is 2.45. The van der Waals surface area contributed by atoms with Gasteiger partial charge in [0.15, 0.2) is 5.60 Å². The first-order valence-electron chi connectivity index (χ1n) is 10.8. The molecular formula is C24H26N2O4SSi. The molecule has 4 heterocycles. The predicted molar refractivity (Wildman–Crippen MR) is 130 cm³/mol. The Kier molecular flexibility index (Phi) is 4.71. The standard InChI is InChI=1S/C24H26N2O4SSi/c1-5-24(29)16-10-18-20-14(11-26(18)21(27)15(16)12-30-23(24)28)19(22(31)32(2,3)4)13-8-6-7-9-17(13)25-20/h6-10,22,29,31H,5,11-12H2,1-4H3/t22?,24-/m0/s1. The van der Waals surface area contributed by atoms with Crippen molar-refractivity contribution in [2.24, 2.45) is 0 Å². The third-order valence-corrected chi connectivity index (χ3v) is 11.2. The average Bonchev–Trinajstić information content (AvgIpc) is 3.12. The number of benzene rings is 1. The lowest BCUT2D eigenvalue weighted by molar-refractivity contribution is -0.172. The van der Waals surface area contributed by atoms with Gasteiger partial charge < -0.3 is 14.4 Å². The number of aliphatic hydroxyl groups is 1. The second kappa shape index (κ2) is 7.04. The molecule has 2 aromatic heterocycles. The van der Waals surface area contributed by atoms with Gasteiger partial charge >= 0.3 is 5.97 Å². The molecular weight excluding hydrogens is 440 g/mol. The average molecular weight is 467 g/mol. The summed E-state index contributed by atoms with van der Waals surface area (Å²) in [6, 6.07) is 9.76. The van der Waals surface area contributed by atoms with Crippen LogP contribution in [0.15, 0.2) is 35.1 Å². The highest BCUT2D eigenvalue weighted by molar-refractivity contribution is 7.82. The molecule has 0 saturated carbocycles. The minimum absolute atomic E-state index is 0.0567. The van der Waals surface area contributed by atoms with Crippen LogP contribution < -0.4 is 5.56 Å². The van der Waals surface area contributed by atoms with Gasteiger partial charge in [-0.25, -0.2) is 9.78 Å². The summed E-state index contributed by atoms with van der Waals surface area (Å²) in [5.41, 5.74) is 2.95. The Bertz CT molecular complexity index is 1360. The number of carbonyl (C=O) groups excluding carboxylic acids is 1. The van der Waals surface area contributed by atoms with E-state index in [1.807, 2.05) is 18.2 Å². The monoisotopic (exact) mass is 466 g/mol. The molecule has 2 aliphatic heterocycles. The van der Waals surface area contributed by atoms with Crippen molar-refractivity contribution in [1.82, 2.24) is 9.55 Å². The van der Waals surface area contributed by atoms with Gasteiger partial charge in [-0.3, -0.25) is 4.79 Å². The van der Waals surface area contributed by atoms with Crippen LogP contribution in [0.5, 0.6) is 0 Å². The summed E-state index contributed by atoms with van der Waals surface area (Å²) in [4.78, 5) is 30.9. The van der Waals surface area contributed by atoms with Gasteiger partial charge in [0, 0.05) is 21.4 Å². The number of hydrogen-bond acceptors (Lipinski definition) is 6. The van der Waals surface area contributed by atoms with Gasteiger partial charge in [-0.15, -0.1) is 0 Å². The smallest absolute Gasteiger partial charge is 0.343 e. The molecule has 6 nitrogen and oxygen atoms in total. The highest BCUT2D eigenvalue weighted by Crippen LogP contribution is 2.44. The molecule has 0 fully saturated rings. The van der Waals surface area contributed by atoms with Gasteiger partial charge in [0.25, 0.3) is 5.56 Å². The van der Waals surface area contributed by atoms with Crippen molar-refractivity contribution in [3.05, 3.63) is 62.9 Å². The van der Waals surface area contributed by atoms with Crippen molar-refractivity contribution in [2.75, 3.05) is 0 Å². The number of nitrogens with zero attached hydrogens (tertiary/aromatic N) is 2.